The quantitative estimate of drug-likeness (QED) is 0.134. The minimum absolute atomic E-state index is 0.157. The van der Waals surface area contributed by atoms with E-state index >= 15 is 0 Å². The molecule has 0 amide bonds. The number of rotatable bonds is 14. The van der Waals surface area contributed by atoms with Crippen molar-refractivity contribution in [3.8, 4) is 22.8 Å². The first-order chi connectivity index (χ1) is 19.5. The van der Waals surface area contributed by atoms with Crippen molar-refractivity contribution >= 4 is 16.6 Å². The summed E-state index contributed by atoms with van der Waals surface area (Å²) in [6.07, 6.45) is 0.124. The summed E-state index contributed by atoms with van der Waals surface area (Å²) < 4.78 is 47.9. The van der Waals surface area contributed by atoms with Crippen LogP contribution in [0.2, 0.25) is 0 Å². The Hall–Kier alpha value is -3.94. The van der Waals surface area contributed by atoms with E-state index in [1.807, 2.05) is 12.1 Å². The molecule has 2 aromatic carbocycles. The van der Waals surface area contributed by atoms with Crippen LogP contribution in [0.5, 0.6) is 11.6 Å². The van der Waals surface area contributed by atoms with Crippen LogP contribution in [0.1, 0.15) is 37.8 Å². The van der Waals surface area contributed by atoms with Crippen LogP contribution >= 0.6 is 0 Å². The van der Waals surface area contributed by atoms with Crippen molar-refractivity contribution in [3.63, 3.8) is 0 Å². The molecule has 4 aromatic rings. The Bertz CT molecular complexity index is 1440. The molecule has 0 aliphatic rings. The number of hydrogen-bond donors (Lipinski definition) is 5. The smallest absolute Gasteiger partial charge is 0.492 e. The monoisotopic (exact) mass is 574 g/mol. The summed E-state index contributed by atoms with van der Waals surface area (Å²) >= 11 is 0. The van der Waals surface area contributed by atoms with E-state index in [9.17, 15) is 23.4 Å². The molecule has 0 radical (unpaired) electrons. The second kappa shape index (κ2) is 13.1. The number of aromatic hydroxyl groups is 1. The summed E-state index contributed by atoms with van der Waals surface area (Å²) in [6.45, 7) is 5.61. The van der Waals surface area contributed by atoms with Crippen LogP contribution in [0.25, 0.3) is 22.0 Å². The van der Waals surface area contributed by atoms with Crippen molar-refractivity contribution in [1.82, 2.24) is 25.7 Å². The maximum Gasteiger partial charge on any atom is 0.573 e. The number of nitrogens with one attached hydrogen (secondary N) is 3. The molecule has 13 heteroatoms. The van der Waals surface area contributed by atoms with Crippen LogP contribution in [-0.4, -0.2) is 63.3 Å². The first kappa shape index (κ1) is 30.0. The molecule has 2 heterocycles. The maximum atomic E-state index is 12.7. The van der Waals surface area contributed by atoms with E-state index in [0.717, 1.165) is 40.6 Å². The summed E-state index contributed by atoms with van der Waals surface area (Å²) in [5, 5.41) is 41.9. The molecule has 41 heavy (non-hydrogen) atoms. The average Bonchev–Trinajstić information content (AvgIpc) is 3.37. The molecular weight excluding hydrogens is 541 g/mol. The number of nitrogens with zero attached hydrogens (tertiary/aromatic N) is 3. The largest absolute Gasteiger partial charge is 0.573 e. The number of anilines is 1. The van der Waals surface area contributed by atoms with Gasteiger partial charge in [-0.05, 0) is 74.2 Å². The molecule has 0 unspecified atom stereocenters. The number of benzene rings is 2. The zero-order chi connectivity index (χ0) is 29.5. The second-order valence-corrected chi connectivity index (χ2v) is 10.1. The molecule has 0 bridgehead atoms. The van der Waals surface area contributed by atoms with Crippen LogP contribution < -0.4 is 15.4 Å². The zero-order valence-corrected chi connectivity index (χ0v) is 22.8. The van der Waals surface area contributed by atoms with Crippen molar-refractivity contribution in [2.24, 2.45) is 0 Å². The van der Waals surface area contributed by atoms with Crippen LogP contribution in [0.3, 0.4) is 0 Å². The second-order valence-electron chi connectivity index (χ2n) is 10.1. The molecule has 0 saturated heterocycles. The Kier molecular flexibility index (Phi) is 9.63. The van der Waals surface area contributed by atoms with Crippen molar-refractivity contribution in [2.75, 3.05) is 31.6 Å². The summed E-state index contributed by atoms with van der Waals surface area (Å²) in [5.74, 6) is -0.514. The fourth-order valence-corrected chi connectivity index (χ4v) is 4.23. The number of aromatic amines is 1. The lowest BCUT2D eigenvalue weighted by atomic mass is 9.96. The van der Waals surface area contributed by atoms with Gasteiger partial charge in [0.05, 0.1) is 30.1 Å². The highest BCUT2D eigenvalue weighted by molar-refractivity contribution is 5.95. The van der Waals surface area contributed by atoms with Gasteiger partial charge in [-0.3, -0.25) is 5.10 Å². The van der Waals surface area contributed by atoms with Gasteiger partial charge in [-0.25, -0.2) is 0 Å². The third kappa shape index (κ3) is 9.03. The predicted octanol–water partition coefficient (Wildman–Crippen LogP) is 4.85. The van der Waals surface area contributed by atoms with E-state index in [1.165, 1.54) is 26.0 Å². The van der Waals surface area contributed by atoms with Crippen molar-refractivity contribution in [1.29, 1.82) is 0 Å². The summed E-state index contributed by atoms with van der Waals surface area (Å²) in [7, 11) is 0. The molecular formula is C28H33F3N6O4. The first-order valence-electron chi connectivity index (χ1n) is 13.1. The highest BCUT2D eigenvalue weighted by atomic mass is 19.4. The van der Waals surface area contributed by atoms with Gasteiger partial charge in [-0.15, -0.1) is 18.3 Å². The SMILES string of the molecule is CC(C)(O)c1cc(CNCCCCOCCNc2cc(-c3cnnc(O)c3)cc3[nH]ncc23)cc(OC(F)(F)F)c1. The van der Waals surface area contributed by atoms with Crippen molar-refractivity contribution in [3.05, 3.63) is 59.9 Å². The lowest BCUT2D eigenvalue weighted by Gasteiger charge is -2.21. The van der Waals surface area contributed by atoms with E-state index in [1.54, 1.807) is 24.5 Å². The summed E-state index contributed by atoms with van der Waals surface area (Å²) in [6, 6.07) is 9.59. The number of aromatic nitrogens is 4. The van der Waals surface area contributed by atoms with Crippen LogP contribution in [0, 0.1) is 0 Å². The van der Waals surface area contributed by atoms with E-state index < -0.39 is 12.0 Å². The molecule has 0 spiro atoms. The lowest BCUT2D eigenvalue weighted by molar-refractivity contribution is -0.274. The van der Waals surface area contributed by atoms with E-state index in [0.29, 0.717) is 44.0 Å². The lowest BCUT2D eigenvalue weighted by Crippen LogP contribution is -2.21. The standard InChI is InChI=1S/C28H33F3N6O4/c1-27(2,39)21-9-18(10-22(14-21)41-28(29,30)31)15-32-5-3-4-7-40-8-6-33-24-11-19(12-25-23(24)17-35-36-25)20-13-26(38)37-34-16-20/h9-14,16-17,32-33,39H,3-8,15H2,1-2H3,(H,35,36)(H,37,38). The molecule has 2 aromatic heterocycles. The minimum atomic E-state index is -4.81. The van der Waals surface area contributed by atoms with Crippen molar-refractivity contribution < 1.29 is 32.9 Å². The highest BCUT2D eigenvalue weighted by Crippen LogP contribution is 2.31. The Morgan fingerprint density at radius 3 is 2.54 bits per heavy atom. The molecule has 220 valence electrons. The molecule has 0 saturated carbocycles. The number of alkyl halides is 3. The number of halogens is 3. The van der Waals surface area contributed by atoms with Crippen LogP contribution in [0.4, 0.5) is 18.9 Å². The number of ether oxygens (including phenoxy) is 2. The number of H-pyrrole nitrogens is 1. The Morgan fingerprint density at radius 1 is 0.951 bits per heavy atom. The van der Waals surface area contributed by atoms with Crippen molar-refractivity contribution in [2.45, 2.75) is 45.2 Å². The van der Waals surface area contributed by atoms with Gasteiger partial charge < -0.3 is 30.3 Å². The normalized spacial score (nSPS) is 12.1. The molecule has 0 aliphatic carbocycles. The van der Waals surface area contributed by atoms with Gasteiger partial charge >= 0.3 is 6.36 Å². The minimum Gasteiger partial charge on any atom is -0.492 e. The third-order valence-corrected chi connectivity index (χ3v) is 6.22. The van der Waals surface area contributed by atoms with E-state index in [2.05, 4.69) is 35.8 Å². The molecule has 0 fully saturated rings. The number of unbranched alkanes of at least 4 members (excludes halogenated alkanes) is 1. The molecule has 5 N–H and O–H groups in total. The van der Waals surface area contributed by atoms with E-state index in [4.69, 9.17) is 4.74 Å². The van der Waals surface area contributed by atoms with Gasteiger partial charge in [0.2, 0.25) is 5.88 Å². The predicted molar refractivity (Wildman–Crippen MR) is 147 cm³/mol. The Morgan fingerprint density at radius 2 is 1.78 bits per heavy atom. The number of aliphatic hydroxyl groups is 1. The zero-order valence-electron chi connectivity index (χ0n) is 22.8. The van der Waals surface area contributed by atoms with Gasteiger partial charge in [-0.1, -0.05) is 6.07 Å². The maximum absolute atomic E-state index is 12.7. The van der Waals surface area contributed by atoms with Gasteiger partial charge in [0, 0.05) is 42.4 Å². The average molecular weight is 575 g/mol. The third-order valence-electron chi connectivity index (χ3n) is 6.22. The summed E-state index contributed by atoms with van der Waals surface area (Å²) in [4.78, 5) is 0. The number of hydrogen-bond acceptors (Lipinski definition) is 9. The first-order valence-corrected chi connectivity index (χ1v) is 13.1. The van der Waals surface area contributed by atoms with Crippen LogP contribution in [-0.2, 0) is 16.9 Å². The van der Waals surface area contributed by atoms with Gasteiger partial charge in [-0.2, -0.15) is 10.2 Å². The fraction of sp³-hybridized carbons (Fsp3) is 0.393. The fourth-order valence-electron chi connectivity index (χ4n) is 4.23. The molecule has 10 nitrogen and oxygen atoms in total. The summed E-state index contributed by atoms with van der Waals surface area (Å²) in [5.41, 5.74) is 2.89. The molecule has 0 aliphatic heterocycles. The Labute approximate surface area is 234 Å². The number of fused-ring (bicyclic) bond motifs is 1. The van der Waals surface area contributed by atoms with Gasteiger partial charge in [0.25, 0.3) is 0 Å². The van der Waals surface area contributed by atoms with Crippen LogP contribution in [0.15, 0.2) is 48.8 Å². The Balaban J connectivity index is 1.17. The topological polar surface area (TPSA) is 137 Å². The van der Waals surface area contributed by atoms with Gasteiger partial charge in [0.1, 0.15) is 5.75 Å². The highest BCUT2D eigenvalue weighted by Gasteiger charge is 2.32. The molecule has 4 rings (SSSR count). The molecule has 0 atom stereocenters. The van der Waals surface area contributed by atoms with Gasteiger partial charge in [0.15, 0.2) is 0 Å². The van der Waals surface area contributed by atoms with E-state index in [-0.39, 0.29) is 11.6 Å².